The van der Waals surface area contributed by atoms with Gasteiger partial charge in [-0.2, -0.15) is 0 Å². The molecule has 0 aliphatic heterocycles. The van der Waals surface area contributed by atoms with Crippen molar-refractivity contribution in [2.24, 2.45) is 5.92 Å². The monoisotopic (exact) mass is 303 g/mol. The van der Waals surface area contributed by atoms with Crippen LogP contribution in [0.3, 0.4) is 0 Å². The molecule has 120 valence electrons. The van der Waals surface area contributed by atoms with Crippen molar-refractivity contribution in [3.05, 3.63) is 48.6 Å². The highest BCUT2D eigenvalue weighted by atomic mass is 16.5. The second-order valence-corrected chi connectivity index (χ2v) is 5.79. The van der Waals surface area contributed by atoms with Crippen LogP contribution in [0.25, 0.3) is 0 Å². The zero-order valence-electron chi connectivity index (χ0n) is 13.5. The predicted octanol–water partition coefficient (Wildman–Crippen LogP) is 3.34. The number of rotatable bonds is 8. The van der Waals surface area contributed by atoms with Crippen LogP contribution in [0.2, 0.25) is 0 Å². The standard InChI is InChI=1S/C18H25NO3/c1-5-17(22-14(4)20)12-16(11-13(2)3)19-18(21)15-9-7-6-8-10-15/h5-10,13,16-17H,1,11-12H2,2-4H3,(H,19,21)/t16-,17+/m0/s1. The van der Waals surface area contributed by atoms with Crippen LogP contribution in [0, 0.1) is 5.92 Å². The number of amides is 1. The van der Waals surface area contributed by atoms with Crippen molar-refractivity contribution in [1.29, 1.82) is 0 Å². The zero-order valence-corrected chi connectivity index (χ0v) is 13.5. The van der Waals surface area contributed by atoms with E-state index in [0.29, 0.717) is 17.9 Å². The van der Waals surface area contributed by atoms with Crippen LogP contribution in [0.1, 0.15) is 44.0 Å². The lowest BCUT2D eigenvalue weighted by molar-refractivity contribution is -0.144. The summed E-state index contributed by atoms with van der Waals surface area (Å²) in [7, 11) is 0. The molecule has 4 heteroatoms. The second kappa shape index (κ2) is 9.03. The average Bonchev–Trinajstić information content (AvgIpc) is 2.46. The van der Waals surface area contributed by atoms with E-state index < -0.39 is 6.10 Å². The molecular weight excluding hydrogens is 278 g/mol. The highest BCUT2D eigenvalue weighted by molar-refractivity contribution is 5.94. The van der Waals surface area contributed by atoms with E-state index in [1.54, 1.807) is 18.2 Å². The third kappa shape index (κ3) is 6.57. The maximum Gasteiger partial charge on any atom is 0.303 e. The van der Waals surface area contributed by atoms with E-state index in [4.69, 9.17) is 4.74 Å². The van der Waals surface area contributed by atoms with Crippen LogP contribution in [0.15, 0.2) is 43.0 Å². The lowest BCUT2D eigenvalue weighted by Crippen LogP contribution is -2.38. The maximum absolute atomic E-state index is 12.3. The first-order valence-corrected chi connectivity index (χ1v) is 7.58. The fraction of sp³-hybridized carbons (Fsp3) is 0.444. The van der Waals surface area contributed by atoms with E-state index in [2.05, 4.69) is 25.7 Å². The summed E-state index contributed by atoms with van der Waals surface area (Å²) in [6.07, 6.45) is 2.55. The van der Waals surface area contributed by atoms with E-state index >= 15 is 0 Å². The molecule has 0 aliphatic carbocycles. The fourth-order valence-corrected chi connectivity index (χ4v) is 2.33. The van der Waals surface area contributed by atoms with Gasteiger partial charge in [0.1, 0.15) is 6.10 Å². The predicted molar refractivity (Wildman–Crippen MR) is 87.5 cm³/mol. The Hall–Kier alpha value is -2.10. The summed E-state index contributed by atoms with van der Waals surface area (Å²) >= 11 is 0. The van der Waals surface area contributed by atoms with E-state index in [9.17, 15) is 9.59 Å². The Labute approximate surface area is 132 Å². The number of ether oxygens (including phenoxy) is 1. The molecule has 22 heavy (non-hydrogen) atoms. The largest absolute Gasteiger partial charge is 0.458 e. The molecule has 1 N–H and O–H groups in total. The smallest absolute Gasteiger partial charge is 0.303 e. The van der Waals surface area contributed by atoms with Crippen molar-refractivity contribution >= 4 is 11.9 Å². The lowest BCUT2D eigenvalue weighted by atomic mass is 9.98. The first-order chi connectivity index (χ1) is 10.4. The van der Waals surface area contributed by atoms with Crippen molar-refractivity contribution in [2.75, 3.05) is 0 Å². The number of hydrogen-bond acceptors (Lipinski definition) is 3. The summed E-state index contributed by atoms with van der Waals surface area (Å²) in [4.78, 5) is 23.4. The van der Waals surface area contributed by atoms with Gasteiger partial charge in [0.2, 0.25) is 0 Å². The quantitative estimate of drug-likeness (QED) is 0.592. The van der Waals surface area contributed by atoms with Crippen molar-refractivity contribution in [3.8, 4) is 0 Å². The fourth-order valence-electron chi connectivity index (χ4n) is 2.33. The number of carbonyl (C=O) groups is 2. The molecule has 0 saturated carbocycles. The molecule has 0 bridgehead atoms. The number of nitrogens with one attached hydrogen (secondary N) is 1. The van der Waals surface area contributed by atoms with Crippen LogP contribution >= 0.6 is 0 Å². The molecule has 2 atom stereocenters. The Morgan fingerprint density at radius 1 is 1.23 bits per heavy atom. The van der Waals surface area contributed by atoms with Gasteiger partial charge in [-0.3, -0.25) is 9.59 Å². The minimum atomic E-state index is -0.391. The Bertz CT molecular complexity index is 496. The van der Waals surface area contributed by atoms with Crippen LogP contribution in [0.5, 0.6) is 0 Å². The SMILES string of the molecule is C=C[C@H](C[C@H](CC(C)C)NC(=O)c1ccccc1)OC(C)=O. The van der Waals surface area contributed by atoms with Crippen molar-refractivity contribution in [3.63, 3.8) is 0 Å². The van der Waals surface area contributed by atoms with Crippen LogP contribution in [-0.2, 0) is 9.53 Å². The minimum absolute atomic E-state index is 0.0740. The lowest BCUT2D eigenvalue weighted by Gasteiger charge is -2.24. The third-order valence-electron chi connectivity index (χ3n) is 3.22. The Morgan fingerprint density at radius 2 is 1.86 bits per heavy atom. The molecule has 0 unspecified atom stereocenters. The van der Waals surface area contributed by atoms with Crippen LogP contribution in [0.4, 0.5) is 0 Å². The first kappa shape index (κ1) is 18.0. The molecule has 4 nitrogen and oxygen atoms in total. The average molecular weight is 303 g/mol. The van der Waals surface area contributed by atoms with Gasteiger partial charge >= 0.3 is 5.97 Å². The van der Waals surface area contributed by atoms with E-state index in [-0.39, 0.29) is 17.9 Å². The molecule has 0 aromatic heterocycles. The summed E-state index contributed by atoms with van der Waals surface area (Å²) in [6, 6.07) is 9.01. The Morgan fingerprint density at radius 3 is 2.36 bits per heavy atom. The molecule has 0 radical (unpaired) electrons. The second-order valence-electron chi connectivity index (χ2n) is 5.79. The summed E-state index contributed by atoms with van der Waals surface area (Å²) in [5.74, 6) is -0.0386. The molecule has 0 spiro atoms. The highest BCUT2D eigenvalue weighted by Crippen LogP contribution is 2.14. The van der Waals surface area contributed by atoms with Gasteiger partial charge in [-0.1, -0.05) is 44.7 Å². The van der Waals surface area contributed by atoms with Gasteiger partial charge in [-0.15, -0.1) is 0 Å². The summed E-state index contributed by atoms with van der Waals surface area (Å²) in [5, 5.41) is 3.02. The van der Waals surface area contributed by atoms with Gasteiger partial charge in [0.15, 0.2) is 0 Å². The molecule has 0 saturated heterocycles. The van der Waals surface area contributed by atoms with E-state index in [1.807, 2.05) is 18.2 Å². The van der Waals surface area contributed by atoms with Gasteiger partial charge in [-0.25, -0.2) is 0 Å². The first-order valence-electron chi connectivity index (χ1n) is 7.58. The number of benzene rings is 1. The number of carbonyl (C=O) groups excluding carboxylic acids is 2. The Kier molecular flexibility index (Phi) is 7.37. The molecule has 1 aromatic rings. The molecule has 0 heterocycles. The molecular formula is C18H25NO3. The van der Waals surface area contributed by atoms with E-state index in [0.717, 1.165) is 6.42 Å². The van der Waals surface area contributed by atoms with Crippen molar-refractivity contribution in [1.82, 2.24) is 5.32 Å². The topological polar surface area (TPSA) is 55.4 Å². The number of hydrogen-bond donors (Lipinski definition) is 1. The molecule has 1 rings (SSSR count). The zero-order chi connectivity index (χ0) is 16.5. The summed E-state index contributed by atoms with van der Waals surface area (Å²) in [5.41, 5.74) is 0.624. The molecule has 1 aromatic carbocycles. The van der Waals surface area contributed by atoms with E-state index in [1.165, 1.54) is 6.92 Å². The maximum atomic E-state index is 12.3. The van der Waals surface area contributed by atoms with Gasteiger partial charge in [-0.05, 0) is 24.5 Å². The normalized spacial score (nSPS) is 13.3. The van der Waals surface area contributed by atoms with Gasteiger partial charge in [0.05, 0.1) is 0 Å². The van der Waals surface area contributed by atoms with Crippen LogP contribution in [-0.4, -0.2) is 24.0 Å². The van der Waals surface area contributed by atoms with Crippen molar-refractivity contribution < 1.29 is 14.3 Å². The molecule has 0 aliphatic rings. The summed E-state index contributed by atoms with van der Waals surface area (Å²) < 4.78 is 5.19. The molecule has 0 fully saturated rings. The highest BCUT2D eigenvalue weighted by Gasteiger charge is 2.20. The van der Waals surface area contributed by atoms with Crippen molar-refractivity contribution in [2.45, 2.75) is 45.8 Å². The third-order valence-corrected chi connectivity index (χ3v) is 3.22. The van der Waals surface area contributed by atoms with Gasteiger partial charge in [0.25, 0.3) is 5.91 Å². The number of esters is 1. The van der Waals surface area contributed by atoms with Crippen LogP contribution < -0.4 is 5.32 Å². The molecule has 1 amide bonds. The van der Waals surface area contributed by atoms with Gasteiger partial charge in [0, 0.05) is 24.9 Å². The minimum Gasteiger partial charge on any atom is -0.458 e. The summed E-state index contributed by atoms with van der Waals surface area (Å²) in [6.45, 7) is 9.25. The Balaban J connectivity index is 2.73. The van der Waals surface area contributed by atoms with Gasteiger partial charge < -0.3 is 10.1 Å².